The maximum Gasteiger partial charge on any atom is 0.268 e. The molecule has 0 saturated carbocycles. The van der Waals surface area contributed by atoms with Crippen LogP contribution in [0.1, 0.15) is 277 Å². The minimum Gasteiger partial charge on any atom is -0.756 e. The van der Waals surface area contributed by atoms with Crippen LogP contribution in [0, 0.1) is 0 Å². The highest BCUT2D eigenvalue weighted by Crippen LogP contribution is 2.38. The number of nitrogens with one attached hydrogen (secondary N) is 1. The number of amides is 1. The molecule has 0 aliphatic heterocycles. The Morgan fingerprint density at radius 2 is 0.697 bits per heavy atom. The second kappa shape index (κ2) is 68.2. The van der Waals surface area contributed by atoms with Gasteiger partial charge >= 0.3 is 0 Å². The number of rotatable bonds is 64. The first-order valence-corrected chi connectivity index (χ1v) is 37.5. The molecular weight excluding hydrogens is 1120 g/mol. The number of carbonyl (C=O) groups excluding carboxylic acids is 1. The Kier molecular flexibility index (Phi) is 65.1. The van der Waals surface area contributed by atoms with Crippen LogP contribution in [-0.4, -0.2) is 68.5 Å². The van der Waals surface area contributed by atoms with E-state index >= 15 is 0 Å². The summed E-state index contributed by atoms with van der Waals surface area (Å²) in [5.74, 6) is -0.254. The molecule has 0 heterocycles. The van der Waals surface area contributed by atoms with Crippen LogP contribution in [0.5, 0.6) is 0 Å². The minimum absolute atomic E-state index is 0.0240. The van der Waals surface area contributed by atoms with Crippen molar-refractivity contribution < 1.29 is 32.9 Å². The van der Waals surface area contributed by atoms with Crippen LogP contribution >= 0.6 is 7.82 Å². The first-order chi connectivity index (χ1) is 43.5. The van der Waals surface area contributed by atoms with Crippen LogP contribution in [0.15, 0.2) is 170 Å². The molecule has 0 spiro atoms. The Morgan fingerprint density at radius 3 is 1.04 bits per heavy atom. The fourth-order valence-corrected chi connectivity index (χ4v) is 10.3. The number of hydrogen-bond acceptors (Lipinski definition) is 6. The van der Waals surface area contributed by atoms with Gasteiger partial charge in [0.15, 0.2) is 0 Å². The molecule has 506 valence electrons. The molecule has 3 unspecified atom stereocenters. The number of aliphatic hydroxyl groups excluding tert-OH is 1. The van der Waals surface area contributed by atoms with E-state index in [1.54, 1.807) is 6.08 Å². The SMILES string of the molecule is CC/C=C\C/C=C\C/C=C\C/C=C\C/C=C\C/C=C\C/C=C\C/C=C\C/C=C\C/C=C\C/C=C\C/C=C\CCCCC(=O)NC(COP(=O)([O-])OCC[N+](C)(C)C)C(O)/C=C/CC/C=C/CCCCCCCCCCCCCCCCCCCCCCCC. The smallest absolute Gasteiger partial charge is 0.268 e. The van der Waals surface area contributed by atoms with Crippen molar-refractivity contribution in [3.8, 4) is 0 Å². The third-order valence-electron chi connectivity index (χ3n) is 15.2. The van der Waals surface area contributed by atoms with Gasteiger partial charge < -0.3 is 28.8 Å². The van der Waals surface area contributed by atoms with Gasteiger partial charge in [-0.2, -0.15) is 0 Å². The molecule has 0 bridgehead atoms. The van der Waals surface area contributed by atoms with Crippen LogP contribution < -0.4 is 10.2 Å². The number of unbranched alkanes of at least 4 members (excludes halogenated alkanes) is 25. The summed E-state index contributed by atoms with van der Waals surface area (Å²) < 4.78 is 23.4. The van der Waals surface area contributed by atoms with E-state index in [0.29, 0.717) is 17.4 Å². The summed E-state index contributed by atoms with van der Waals surface area (Å²) in [7, 11) is 1.19. The average Bonchev–Trinajstić information content (AvgIpc) is 3.55. The third-order valence-corrected chi connectivity index (χ3v) is 16.1. The molecule has 2 N–H and O–H groups in total. The molecule has 89 heavy (non-hydrogen) atoms. The summed E-state index contributed by atoms with van der Waals surface area (Å²) in [5.41, 5.74) is 0. The van der Waals surface area contributed by atoms with Crippen molar-refractivity contribution in [2.24, 2.45) is 0 Å². The summed E-state index contributed by atoms with van der Waals surface area (Å²) in [6, 6.07) is -0.942. The molecule has 9 heteroatoms. The Morgan fingerprint density at radius 1 is 0.404 bits per heavy atom. The Balaban J connectivity index is 4.26. The van der Waals surface area contributed by atoms with Gasteiger partial charge in [-0.05, 0) is 122 Å². The lowest BCUT2D eigenvalue weighted by Gasteiger charge is -2.29. The maximum absolute atomic E-state index is 13.0. The number of hydrogen-bond donors (Lipinski definition) is 2. The second-order valence-electron chi connectivity index (χ2n) is 24.8. The molecule has 0 aliphatic carbocycles. The predicted octanol–water partition coefficient (Wildman–Crippen LogP) is 22.9. The van der Waals surface area contributed by atoms with E-state index < -0.39 is 26.6 Å². The minimum atomic E-state index is -4.64. The average molecular weight is 1250 g/mol. The summed E-state index contributed by atoms with van der Waals surface area (Å²) in [6.07, 6.45) is 108. The highest BCUT2D eigenvalue weighted by molar-refractivity contribution is 7.45. The van der Waals surface area contributed by atoms with E-state index in [0.717, 1.165) is 109 Å². The van der Waals surface area contributed by atoms with Crippen molar-refractivity contribution in [3.63, 3.8) is 0 Å². The summed E-state index contributed by atoms with van der Waals surface area (Å²) in [4.78, 5) is 25.6. The topological polar surface area (TPSA) is 108 Å². The summed E-state index contributed by atoms with van der Waals surface area (Å²) in [6.45, 7) is 4.49. The zero-order valence-corrected chi connectivity index (χ0v) is 58.7. The monoisotopic (exact) mass is 1250 g/mol. The van der Waals surface area contributed by atoms with Crippen molar-refractivity contribution in [3.05, 3.63) is 170 Å². The molecule has 0 rings (SSSR count). The van der Waals surface area contributed by atoms with E-state index in [-0.39, 0.29) is 18.9 Å². The lowest BCUT2D eigenvalue weighted by atomic mass is 10.0. The first kappa shape index (κ1) is 84.9. The van der Waals surface area contributed by atoms with Crippen LogP contribution in [0.4, 0.5) is 0 Å². The lowest BCUT2D eigenvalue weighted by molar-refractivity contribution is -0.870. The largest absolute Gasteiger partial charge is 0.756 e. The number of nitrogens with zero attached hydrogens (tertiary/aromatic N) is 1. The van der Waals surface area contributed by atoms with E-state index in [1.807, 2.05) is 27.2 Å². The molecule has 3 atom stereocenters. The maximum atomic E-state index is 13.0. The van der Waals surface area contributed by atoms with Gasteiger partial charge in [0.25, 0.3) is 7.82 Å². The van der Waals surface area contributed by atoms with Crippen molar-refractivity contribution in [2.45, 2.75) is 289 Å². The molecular formula is C80H135N2O6P. The molecule has 0 aromatic carbocycles. The molecule has 8 nitrogen and oxygen atoms in total. The fourth-order valence-electron chi connectivity index (χ4n) is 9.62. The summed E-state index contributed by atoms with van der Waals surface area (Å²) in [5, 5.41) is 13.9. The van der Waals surface area contributed by atoms with Crippen molar-refractivity contribution >= 4 is 13.7 Å². The van der Waals surface area contributed by atoms with Gasteiger partial charge in [-0.15, -0.1) is 0 Å². The van der Waals surface area contributed by atoms with Gasteiger partial charge in [-0.25, -0.2) is 0 Å². The van der Waals surface area contributed by atoms with E-state index in [1.165, 1.54) is 141 Å². The van der Waals surface area contributed by atoms with Crippen LogP contribution in [0.25, 0.3) is 0 Å². The van der Waals surface area contributed by atoms with Crippen molar-refractivity contribution in [1.29, 1.82) is 0 Å². The fraction of sp³-hybridized carbons (Fsp3) is 0.637. The quantitative estimate of drug-likeness (QED) is 0.0272. The van der Waals surface area contributed by atoms with Crippen LogP contribution in [0.3, 0.4) is 0 Å². The standard InChI is InChI=1S/C80H135N2O6P/c1-6-8-10-12-14-16-18-20-22-24-26-28-30-32-34-36-37-38-39-40-41-42-43-44-45-46-48-50-52-54-56-58-60-62-64-66-68-70-72-74-80(84)81-78(77-88-89(85,86)87-76-75-82(3,4)5)79(83)73-71-69-67-65-63-61-59-57-55-53-51-49-47-35-33-31-29-27-25-23-21-19-17-15-13-11-9-7-2/h8,10,14,16,20,22,26,28,32,34,37-38,40-41,43-44,46,48,52,54,58,60,63-66,71,73,78-79,83H,6-7,9,11-13,15,17-19,21,23-25,27,29-31,33,35-36,39,42,45,47,49-51,53,55-57,59,61-62,67-70,72,74-77H2,1-5H3,(H-,81,84,85,86)/b10-8-,16-14-,22-20-,28-26-,34-32-,38-37-,41-40-,44-43-,48-46-,54-52-,60-58-,65-63+,66-64-,73-71+. The molecule has 0 fully saturated rings. The second-order valence-corrected chi connectivity index (χ2v) is 26.3. The van der Waals surface area contributed by atoms with Gasteiger partial charge in [0, 0.05) is 6.42 Å². The third kappa shape index (κ3) is 71.2. The van der Waals surface area contributed by atoms with Crippen molar-refractivity contribution in [1.82, 2.24) is 5.32 Å². The van der Waals surface area contributed by atoms with Gasteiger partial charge in [0.2, 0.25) is 5.91 Å². The highest BCUT2D eigenvalue weighted by Gasteiger charge is 2.23. The number of aliphatic hydroxyl groups is 1. The zero-order valence-electron chi connectivity index (χ0n) is 57.8. The Labute approximate surface area is 549 Å². The lowest BCUT2D eigenvalue weighted by Crippen LogP contribution is -2.45. The molecule has 0 radical (unpaired) electrons. The van der Waals surface area contributed by atoms with E-state index in [4.69, 9.17) is 9.05 Å². The number of phosphoric acid groups is 1. The molecule has 0 aliphatic rings. The van der Waals surface area contributed by atoms with Gasteiger partial charge in [0.1, 0.15) is 13.2 Å². The van der Waals surface area contributed by atoms with Gasteiger partial charge in [0.05, 0.1) is 39.9 Å². The van der Waals surface area contributed by atoms with Crippen LogP contribution in [0.2, 0.25) is 0 Å². The van der Waals surface area contributed by atoms with Gasteiger partial charge in [-0.3, -0.25) is 9.36 Å². The van der Waals surface area contributed by atoms with Crippen molar-refractivity contribution in [2.75, 3.05) is 40.9 Å². The van der Waals surface area contributed by atoms with E-state index in [9.17, 15) is 19.4 Å². The summed E-state index contributed by atoms with van der Waals surface area (Å²) >= 11 is 0. The number of phosphoric ester groups is 1. The predicted molar refractivity (Wildman–Crippen MR) is 389 cm³/mol. The van der Waals surface area contributed by atoms with Crippen LogP contribution in [-0.2, 0) is 18.4 Å². The Bertz CT molecular complexity index is 2060. The molecule has 1 amide bonds. The number of allylic oxidation sites excluding steroid dienone is 27. The molecule has 0 aromatic heterocycles. The zero-order chi connectivity index (χ0) is 64.8. The van der Waals surface area contributed by atoms with E-state index in [2.05, 4.69) is 177 Å². The Hall–Kier alpha value is -4.14. The number of quaternary nitrogens is 1. The number of carbonyl (C=O) groups is 1. The van der Waals surface area contributed by atoms with Gasteiger partial charge in [-0.1, -0.05) is 319 Å². The molecule has 0 saturated heterocycles. The first-order valence-electron chi connectivity index (χ1n) is 36.0. The number of likely N-dealkylation sites (N-methyl/N-ethyl adjacent to an activating group) is 1. The molecule has 0 aromatic rings. The normalized spacial score (nSPS) is 14.6. The highest BCUT2D eigenvalue weighted by atomic mass is 31.2.